The number of carboxylic acid groups (broad SMARTS) is 1. The number of aliphatic carboxylic acids is 1. The Kier molecular flexibility index (Phi) is 4.17. The Bertz CT molecular complexity index is 539. The molecule has 1 aliphatic heterocycles. The van der Waals surface area contributed by atoms with Crippen LogP contribution in [0.5, 0.6) is 5.75 Å². The molecule has 0 unspecified atom stereocenters. The van der Waals surface area contributed by atoms with Gasteiger partial charge in [0.25, 0.3) is 0 Å². The number of rotatable bonds is 4. The van der Waals surface area contributed by atoms with Crippen LogP contribution in [-0.4, -0.2) is 29.3 Å². The Balaban J connectivity index is 2.52. The number of benzene rings is 1. The zero-order valence-electron chi connectivity index (χ0n) is 13.5. The first-order chi connectivity index (χ1) is 9.77. The van der Waals surface area contributed by atoms with Gasteiger partial charge in [0.2, 0.25) is 0 Å². The fraction of sp³-hybridized carbons (Fsp3) is 0.588. The van der Waals surface area contributed by atoms with Crippen molar-refractivity contribution in [2.24, 2.45) is 0 Å². The van der Waals surface area contributed by atoms with Gasteiger partial charge < -0.3 is 14.7 Å². The smallest absolute Gasteiger partial charge is 0.326 e. The molecule has 0 saturated carbocycles. The highest BCUT2D eigenvalue weighted by Crippen LogP contribution is 2.45. The zero-order chi connectivity index (χ0) is 15.8. The zero-order valence-corrected chi connectivity index (χ0v) is 13.5. The summed E-state index contributed by atoms with van der Waals surface area (Å²) in [6, 6.07) is 5.43. The van der Waals surface area contributed by atoms with Crippen molar-refractivity contribution < 1.29 is 14.6 Å². The van der Waals surface area contributed by atoms with Gasteiger partial charge in [0.05, 0.1) is 6.61 Å². The van der Waals surface area contributed by atoms with E-state index in [-0.39, 0.29) is 5.54 Å². The number of hydrogen-bond donors (Lipinski definition) is 1. The minimum Gasteiger partial charge on any atom is -0.494 e. The van der Waals surface area contributed by atoms with Gasteiger partial charge in [-0.3, -0.25) is 0 Å². The molecule has 0 amide bonds. The molecule has 0 fully saturated rings. The molecule has 1 N–H and O–H groups in total. The maximum absolute atomic E-state index is 11.5. The van der Waals surface area contributed by atoms with Crippen molar-refractivity contribution in [3.63, 3.8) is 0 Å². The van der Waals surface area contributed by atoms with E-state index in [0.717, 1.165) is 17.9 Å². The molecule has 1 aromatic rings. The summed E-state index contributed by atoms with van der Waals surface area (Å²) in [5.74, 6) is 0.441. The number of anilines is 1. The predicted molar refractivity (Wildman–Crippen MR) is 84.3 cm³/mol. The topological polar surface area (TPSA) is 49.8 Å². The van der Waals surface area contributed by atoms with Crippen LogP contribution in [0, 0.1) is 0 Å². The Hall–Kier alpha value is -1.71. The van der Waals surface area contributed by atoms with Crippen LogP contribution >= 0.6 is 0 Å². The Morgan fingerprint density at radius 1 is 1.52 bits per heavy atom. The lowest BCUT2D eigenvalue weighted by Crippen LogP contribution is -2.55. The fourth-order valence-corrected chi connectivity index (χ4v) is 3.53. The maximum Gasteiger partial charge on any atom is 0.326 e. The summed E-state index contributed by atoms with van der Waals surface area (Å²) in [4.78, 5) is 13.5. The van der Waals surface area contributed by atoms with E-state index in [1.165, 1.54) is 5.56 Å². The summed E-state index contributed by atoms with van der Waals surface area (Å²) in [5.41, 5.74) is 2.00. The van der Waals surface area contributed by atoms with Crippen molar-refractivity contribution >= 4 is 11.7 Å². The Morgan fingerprint density at radius 2 is 2.19 bits per heavy atom. The highest BCUT2D eigenvalue weighted by molar-refractivity contribution is 5.79. The maximum atomic E-state index is 11.5. The van der Waals surface area contributed by atoms with Gasteiger partial charge in [0, 0.05) is 11.2 Å². The third kappa shape index (κ3) is 2.85. The lowest BCUT2D eigenvalue weighted by atomic mass is 9.79. The van der Waals surface area contributed by atoms with Gasteiger partial charge in [0.15, 0.2) is 0 Å². The first-order valence-electron chi connectivity index (χ1n) is 7.56. The summed E-state index contributed by atoms with van der Waals surface area (Å²) in [6.45, 7) is 10.8. The van der Waals surface area contributed by atoms with Crippen LogP contribution in [0.4, 0.5) is 5.69 Å². The second kappa shape index (κ2) is 5.58. The van der Waals surface area contributed by atoms with Crippen molar-refractivity contribution in [3.8, 4) is 5.75 Å². The third-order valence-corrected chi connectivity index (χ3v) is 4.30. The van der Waals surface area contributed by atoms with Gasteiger partial charge in [-0.1, -0.05) is 6.92 Å². The number of carbonyl (C=O) groups is 1. The molecule has 0 aliphatic carbocycles. The molecule has 0 bridgehead atoms. The minimum atomic E-state index is -0.794. The van der Waals surface area contributed by atoms with Gasteiger partial charge in [-0.15, -0.1) is 0 Å². The van der Waals surface area contributed by atoms with Crippen molar-refractivity contribution in [1.29, 1.82) is 0 Å². The van der Waals surface area contributed by atoms with E-state index in [1.54, 1.807) is 6.92 Å². The molecule has 0 aromatic heterocycles. The van der Waals surface area contributed by atoms with Crippen LogP contribution < -0.4 is 9.64 Å². The Labute approximate surface area is 126 Å². The molecular weight excluding hydrogens is 266 g/mol. The number of ether oxygens (including phenoxy) is 1. The third-order valence-electron chi connectivity index (χ3n) is 4.30. The normalized spacial score (nSPS) is 21.6. The van der Waals surface area contributed by atoms with E-state index >= 15 is 0 Å². The molecule has 0 saturated heterocycles. The molecule has 2 atom stereocenters. The van der Waals surface area contributed by atoms with E-state index < -0.39 is 12.0 Å². The number of fused-ring (bicyclic) bond motifs is 1. The summed E-state index contributed by atoms with van der Waals surface area (Å²) in [5, 5.41) is 9.43. The monoisotopic (exact) mass is 291 g/mol. The van der Waals surface area contributed by atoms with E-state index in [1.807, 2.05) is 24.0 Å². The molecule has 4 heteroatoms. The Morgan fingerprint density at radius 3 is 2.76 bits per heavy atom. The predicted octanol–water partition coefficient (Wildman–Crippen LogP) is 3.65. The molecule has 1 heterocycles. The highest BCUT2D eigenvalue weighted by Gasteiger charge is 2.40. The highest BCUT2D eigenvalue weighted by atomic mass is 16.5. The van der Waals surface area contributed by atoms with Crippen molar-refractivity contribution in [2.75, 3.05) is 11.5 Å². The molecule has 1 aromatic carbocycles. The summed E-state index contributed by atoms with van der Waals surface area (Å²) >= 11 is 0. The first-order valence-corrected chi connectivity index (χ1v) is 7.56. The van der Waals surface area contributed by atoms with Gasteiger partial charge in [-0.05, 0) is 63.8 Å². The summed E-state index contributed by atoms with van der Waals surface area (Å²) in [7, 11) is 0. The molecule has 0 radical (unpaired) electrons. The van der Waals surface area contributed by atoms with Crippen LogP contribution in [-0.2, 0) is 4.79 Å². The number of nitrogens with zero attached hydrogens (tertiary/aromatic N) is 1. The molecular formula is C17H25NO3. The van der Waals surface area contributed by atoms with Gasteiger partial charge >= 0.3 is 5.97 Å². The van der Waals surface area contributed by atoms with Crippen molar-refractivity contribution in [3.05, 3.63) is 23.8 Å². The second-order valence-electron chi connectivity index (χ2n) is 6.46. The lowest BCUT2D eigenvalue weighted by Gasteiger charge is -2.49. The van der Waals surface area contributed by atoms with E-state index in [2.05, 4.69) is 26.8 Å². The molecule has 21 heavy (non-hydrogen) atoms. The van der Waals surface area contributed by atoms with Crippen LogP contribution in [0.2, 0.25) is 0 Å². The van der Waals surface area contributed by atoms with Crippen LogP contribution in [0.25, 0.3) is 0 Å². The van der Waals surface area contributed by atoms with Gasteiger partial charge in [-0.25, -0.2) is 4.79 Å². The molecule has 4 nitrogen and oxygen atoms in total. The first kappa shape index (κ1) is 15.7. The van der Waals surface area contributed by atoms with Gasteiger partial charge in [-0.2, -0.15) is 0 Å². The van der Waals surface area contributed by atoms with E-state index in [0.29, 0.717) is 12.5 Å². The fourth-order valence-electron chi connectivity index (χ4n) is 3.53. The summed E-state index contributed by atoms with van der Waals surface area (Å²) in [6.07, 6.45) is 0.924. The standard InChI is InChI=1S/C17H25NO3/c1-6-21-13-7-8-15-14(9-13)11(2)10-17(4,5)18(15)12(3)16(19)20/h7-9,11-12H,6,10H2,1-5H3,(H,19,20)/t11-,12+/m1/s1. The average molecular weight is 291 g/mol. The molecule has 116 valence electrons. The van der Waals surface area contributed by atoms with Crippen molar-refractivity contribution in [2.45, 2.75) is 58.5 Å². The van der Waals surface area contributed by atoms with Gasteiger partial charge in [0.1, 0.15) is 11.8 Å². The number of hydrogen-bond acceptors (Lipinski definition) is 3. The average Bonchev–Trinajstić information content (AvgIpc) is 2.38. The van der Waals surface area contributed by atoms with Crippen LogP contribution in [0.15, 0.2) is 18.2 Å². The van der Waals surface area contributed by atoms with E-state index in [4.69, 9.17) is 4.74 Å². The molecule has 0 spiro atoms. The summed E-state index contributed by atoms with van der Waals surface area (Å²) < 4.78 is 5.58. The minimum absolute atomic E-state index is 0.183. The van der Waals surface area contributed by atoms with E-state index in [9.17, 15) is 9.90 Å². The second-order valence-corrected chi connectivity index (χ2v) is 6.46. The molecule has 2 rings (SSSR count). The lowest BCUT2D eigenvalue weighted by molar-refractivity contribution is -0.138. The van der Waals surface area contributed by atoms with Crippen molar-refractivity contribution in [1.82, 2.24) is 0 Å². The largest absolute Gasteiger partial charge is 0.494 e. The quantitative estimate of drug-likeness (QED) is 0.920. The van der Waals surface area contributed by atoms with Crippen LogP contribution in [0.1, 0.15) is 52.5 Å². The molecule has 1 aliphatic rings. The van der Waals surface area contributed by atoms with Crippen LogP contribution in [0.3, 0.4) is 0 Å². The SMILES string of the molecule is CCOc1ccc2c(c1)[C@H](C)CC(C)(C)N2[C@@H](C)C(=O)O. The number of carboxylic acids is 1.